The van der Waals surface area contributed by atoms with Crippen molar-refractivity contribution in [1.29, 1.82) is 0 Å². The molecule has 5 rings (SSSR count). The fraction of sp³-hybridized carbons (Fsp3) is 0.310. The number of carbonyl (C=O) groups excluding carboxylic acids is 2. The van der Waals surface area contributed by atoms with E-state index in [9.17, 15) is 9.59 Å². The first-order chi connectivity index (χ1) is 16.7. The van der Waals surface area contributed by atoms with E-state index < -0.39 is 4.87 Å². The average molecular weight is 486 g/mol. The van der Waals surface area contributed by atoms with Crippen LogP contribution in [0.25, 0.3) is 0 Å². The Balaban J connectivity index is 1.51. The summed E-state index contributed by atoms with van der Waals surface area (Å²) in [5.41, 5.74) is 6.20. The van der Waals surface area contributed by atoms with Crippen LogP contribution < -0.4 is 10.2 Å². The van der Waals surface area contributed by atoms with Gasteiger partial charge in [-0.25, -0.2) is 4.79 Å². The van der Waals surface area contributed by atoms with Crippen LogP contribution >= 0.6 is 11.8 Å². The van der Waals surface area contributed by atoms with Gasteiger partial charge in [0.1, 0.15) is 0 Å². The van der Waals surface area contributed by atoms with E-state index in [1.54, 1.807) is 16.7 Å². The predicted molar refractivity (Wildman–Crippen MR) is 142 cm³/mol. The van der Waals surface area contributed by atoms with Crippen LogP contribution in [0.4, 0.5) is 10.5 Å². The van der Waals surface area contributed by atoms with Crippen molar-refractivity contribution in [2.75, 3.05) is 11.4 Å². The van der Waals surface area contributed by atoms with Crippen molar-refractivity contribution >= 4 is 29.4 Å². The topological polar surface area (TPSA) is 52.7 Å². The summed E-state index contributed by atoms with van der Waals surface area (Å²) < 4.78 is -0.276. The maximum absolute atomic E-state index is 14.3. The molecule has 0 unspecified atom stereocenters. The number of thioether (sulfide) groups is 1. The van der Waals surface area contributed by atoms with E-state index in [-0.39, 0.29) is 16.7 Å². The molecule has 3 aromatic rings. The van der Waals surface area contributed by atoms with E-state index in [0.29, 0.717) is 19.6 Å². The number of hydrogen-bond donors (Lipinski definition) is 1. The molecule has 0 aromatic heterocycles. The first kappa shape index (κ1) is 23.5. The molecule has 180 valence electrons. The molecule has 3 aromatic carbocycles. The number of carbonyl (C=O) groups is 2. The maximum atomic E-state index is 14.3. The molecule has 0 aliphatic carbocycles. The van der Waals surface area contributed by atoms with Crippen molar-refractivity contribution in [2.24, 2.45) is 0 Å². The second-order valence-electron chi connectivity index (χ2n) is 10.1. The van der Waals surface area contributed by atoms with Crippen molar-refractivity contribution in [1.82, 2.24) is 10.2 Å². The second-order valence-corrected chi connectivity index (χ2v) is 12.0. The third-order valence-electron chi connectivity index (χ3n) is 6.80. The maximum Gasteiger partial charge on any atom is 0.319 e. The highest BCUT2D eigenvalue weighted by Gasteiger charge is 2.63. The van der Waals surface area contributed by atoms with Crippen LogP contribution in [0.2, 0.25) is 0 Å². The molecule has 1 saturated heterocycles. The van der Waals surface area contributed by atoms with Crippen LogP contribution in [0.3, 0.4) is 0 Å². The molecule has 35 heavy (non-hydrogen) atoms. The van der Waals surface area contributed by atoms with Gasteiger partial charge in [0.25, 0.3) is 5.91 Å². The van der Waals surface area contributed by atoms with E-state index in [1.165, 1.54) is 0 Å². The van der Waals surface area contributed by atoms with Crippen LogP contribution in [0.1, 0.15) is 41.7 Å². The van der Waals surface area contributed by atoms with Crippen LogP contribution in [0, 0.1) is 13.8 Å². The highest BCUT2D eigenvalue weighted by atomic mass is 32.2. The molecule has 2 heterocycles. The zero-order valence-corrected chi connectivity index (χ0v) is 21.5. The Morgan fingerprint density at radius 3 is 2.51 bits per heavy atom. The van der Waals surface area contributed by atoms with Crippen molar-refractivity contribution in [3.8, 4) is 0 Å². The predicted octanol–water partition coefficient (Wildman–Crippen LogP) is 5.74. The van der Waals surface area contributed by atoms with E-state index in [1.807, 2.05) is 66.4 Å². The molecule has 2 aliphatic rings. The second kappa shape index (κ2) is 8.76. The summed E-state index contributed by atoms with van der Waals surface area (Å²) in [4.78, 5) is 30.5. The molecule has 6 heteroatoms. The number of aryl methyl sites for hydroxylation is 2. The quantitative estimate of drug-likeness (QED) is 0.513. The molecule has 0 saturated carbocycles. The number of anilines is 1. The Hall–Kier alpha value is -3.25. The summed E-state index contributed by atoms with van der Waals surface area (Å²) in [7, 11) is 0. The Morgan fingerprint density at radius 2 is 1.74 bits per heavy atom. The third-order valence-corrected chi connectivity index (χ3v) is 8.39. The van der Waals surface area contributed by atoms with Crippen molar-refractivity contribution < 1.29 is 9.59 Å². The van der Waals surface area contributed by atoms with Gasteiger partial charge >= 0.3 is 6.03 Å². The molecule has 2 aliphatic heterocycles. The van der Waals surface area contributed by atoms with Gasteiger partial charge in [0.2, 0.25) is 0 Å². The van der Waals surface area contributed by atoms with Gasteiger partial charge in [0, 0.05) is 23.4 Å². The van der Waals surface area contributed by atoms with E-state index in [4.69, 9.17) is 0 Å². The van der Waals surface area contributed by atoms with Crippen LogP contribution in [-0.2, 0) is 22.8 Å². The minimum atomic E-state index is -1.08. The largest absolute Gasteiger partial charge is 0.334 e. The number of benzene rings is 3. The van der Waals surface area contributed by atoms with Crippen molar-refractivity contribution in [3.63, 3.8) is 0 Å². The summed E-state index contributed by atoms with van der Waals surface area (Å²) in [6, 6.07) is 23.9. The summed E-state index contributed by atoms with van der Waals surface area (Å²) in [6.45, 7) is 9.69. The van der Waals surface area contributed by atoms with Crippen molar-refractivity contribution in [2.45, 2.75) is 50.4 Å². The van der Waals surface area contributed by atoms with Gasteiger partial charge in [-0.05, 0) is 50.5 Å². The zero-order chi connectivity index (χ0) is 24.8. The molecule has 3 amide bonds. The summed E-state index contributed by atoms with van der Waals surface area (Å²) in [6.07, 6.45) is 0. The van der Waals surface area contributed by atoms with Crippen LogP contribution in [-0.4, -0.2) is 28.1 Å². The van der Waals surface area contributed by atoms with Crippen LogP contribution in [0.15, 0.2) is 72.8 Å². The Labute approximate surface area is 211 Å². The van der Waals surface area contributed by atoms with Gasteiger partial charge in [-0.3, -0.25) is 9.69 Å². The molecular weight excluding hydrogens is 454 g/mol. The smallest absolute Gasteiger partial charge is 0.319 e. The fourth-order valence-corrected chi connectivity index (χ4v) is 6.90. The third kappa shape index (κ3) is 4.10. The molecule has 0 radical (unpaired) electrons. The van der Waals surface area contributed by atoms with Gasteiger partial charge in [0.15, 0.2) is 4.87 Å². The number of hydrogen-bond acceptors (Lipinski definition) is 3. The number of rotatable bonds is 4. The number of nitrogens with zero attached hydrogens (tertiary/aromatic N) is 2. The summed E-state index contributed by atoms with van der Waals surface area (Å²) >= 11 is 1.58. The van der Waals surface area contributed by atoms with Gasteiger partial charge in [-0.1, -0.05) is 72.3 Å². The Bertz CT molecular complexity index is 1300. The first-order valence-electron chi connectivity index (χ1n) is 12.0. The summed E-state index contributed by atoms with van der Waals surface area (Å²) in [5.74, 6) is -0.0526. The van der Waals surface area contributed by atoms with Crippen LogP contribution in [0.5, 0.6) is 0 Å². The normalized spacial score (nSPS) is 20.4. The van der Waals surface area contributed by atoms with Crippen molar-refractivity contribution in [3.05, 3.63) is 101 Å². The number of amides is 3. The standard InChI is InChI=1S/C29H31N3O2S/c1-20-10-9-12-22(16-20)17-30-27(34)32-19-28(3,4)35-29(32)24-14-7-8-15-25(24)31(26(29)33)18-23-13-6-5-11-21(23)2/h5-16H,17-19H2,1-4H3,(H,30,34)/t29-/m0/s1. The molecule has 1 N–H and O–H groups in total. The summed E-state index contributed by atoms with van der Waals surface area (Å²) in [5, 5.41) is 3.08. The lowest BCUT2D eigenvalue weighted by Gasteiger charge is -2.33. The van der Waals surface area contributed by atoms with Gasteiger partial charge in [-0.2, -0.15) is 0 Å². The minimum Gasteiger partial charge on any atom is -0.334 e. The molecular formula is C29H31N3O2S. The van der Waals surface area contributed by atoms with Gasteiger partial charge in [0.05, 0.1) is 12.2 Å². The lowest BCUT2D eigenvalue weighted by Crippen LogP contribution is -2.53. The lowest BCUT2D eigenvalue weighted by atomic mass is 10.0. The molecule has 1 spiro atoms. The number of fused-ring (bicyclic) bond motifs is 2. The van der Waals surface area contributed by atoms with Gasteiger partial charge < -0.3 is 10.2 Å². The highest BCUT2D eigenvalue weighted by molar-refractivity contribution is 8.02. The first-order valence-corrected chi connectivity index (χ1v) is 12.8. The van der Waals surface area contributed by atoms with Gasteiger partial charge in [-0.15, -0.1) is 11.8 Å². The molecule has 1 atom stereocenters. The van der Waals surface area contributed by atoms with E-state index in [0.717, 1.165) is 33.5 Å². The highest BCUT2D eigenvalue weighted by Crippen LogP contribution is 2.59. The fourth-order valence-electron chi connectivity index (χ4n) is 5.17. The van der Waals surface area contributed by atoms with E-state index >= 15 is 0 Å². The Morgan fingerprint density at radius 1 is 1.00 bits per heavy atom. The SMILES string of the molecule is Cc1cccc(CNC(=O)N2CC(C)(C)S[C@@]23C(=O)N(Cc2ccccc2C)c2ccccc23)c1. The Kier molecular flexibility index (Phi) is 5.88. The molecule has 5 nitrogen and oxygen atoms in total. The monoisotopic (exact) mass is 485 g/mol. The van der Waals surface area contributed by atoms with E-state index in [2.05, 4.69) is 44.3 Å². The zero-order valence-electron chi connectivity index (χ0n) is 20.7. The number of nitrogens with one attached hydrogen (secondary N) is 1. The minimum absolute atomic E-state index is 0.0526. The molecule has 0 bridgehead atoms. The number of para-hydroxylation sites is 1. The number of urea groups is 1. The molecule has 1 fully saturated rings. The average Bonchev–Trinajstić information content (AvgIpc) is 3.25. The lowest BCUT2D eigenvalue weighted by molar-refractivity contribution is -0.123.